The van der Waals surface area contributed by atoms with Gasteiger partial charge in [-0.1, -0.05) is 30.3 Å². The molecule has 0 unspecified atom stereocenters. The maximum absolute atomic E-state index is 12.1. The molecule has 8 heteroatoms. The number of carbonyl (C=O) groups is 4. The van der Waals surface area contributed by atoms with E-state index in [1.54, 1.807) is 4.90 Å². The highest BCUT2D eigenvalue weighted by atomic mass is 16.7. The number of likely N-dealkylation sites (tertiary alicyclic amines) is 1. The van der Waals surface area contributed by atoms with Crippen LogP contribution in [0.15, 0.2) is 30.3 Å². The normalized spacial score (nSPS) is 18.2. The smallest absolute Gasteiger partial charge is 0.410 e. The second-order valence-corrected chi connectivity index (χ2v) is 6.29. The van der Waals surface area contributed by atoms with Gasteiger partial charge in [0.05, 0.1) is 5.92 Å². The largest absolute Gasteiger partial charge is 0.445 e. The quantitative estimate of drug-likeness (QED) is 0.758. The molecule has 138 valence electrons. The fourth-order valence-electron chi connectivity index (χ4n) is 2.93. The van der Waals surface area contributed by atoms with Gasteiger partial charge < -0.3 is 14.5 Å². The third-order valence-electron chi connectivity index (χ3n) is 4.48. The number of piperidine rings is 1. The molecule has 0 bridgehead atoms. The first-order valence-electron chi connectivity index (χ1n) is 8.58. The molecule has 8 nitrogen and oxygen atoms in total. The standard InChI is InChI=1S/C18H20N2O6/c21-15-6-7-16(22)20(15)26-17(23)14-8-10-19(11-9-14)18(24)25-12-13-4-2-1-3-5-13/h1-5,14H,6-12H2. The van der Waals surface area contributed by atoms with E-state index in [1.165, 1.54) is 0 Å². The molecule has 0 saturated carbocycles. The van der Waals surface area contributed by atoms with Gasteiger partial charge in [0.15, 0.2) is 0 Å². The summed E-state index contributed by atoms with van der Waals surface area (Å²) in [4.78, 5) is 53.7. The summed E-state index contributed by atoms with van der Waals surface area (Å²) in [5, 5.41) is 0.558. The summed E-state index contributed by atoms with van der Waals surface area (Å²) in [6.45, 7) is 0.908. The number of amides is 3. The lowest BCUT2D eigenvalue weighted by Gasteiger charge is -2.30. The van der Waals surface area contributed by atoms with E-state index in [0.717, 1.165) is 5.56 Å². The van der Waals surface area contributed by atoms with Crippen molar-refractivity contribution in [2.45, 2.75) is 32.3 Å². The van der Waals surface area contributed by atoms with E-state index in [2.05, 4.69) is 0 Å². The minimum atomic E-state index is -0.606. The van der Waals surface area contributed by atoms with Crippen molar-refractivity contribution in [3.63, 3.8) is 0 Å². The van der Waals surface area contributed by atoms with Gasteiger partial charge in [-0.3, -0.25) is 9.59 Å². The van der Waals surface area contributed by atoms with Gasteiger partial charge in [0.25, 0.3) is 11.8 Å². The van der Waals surface area contributed by atoms with Gasteiger partial charge in [0, 0.05) is 25.9 Å². The van der Waals surface area contributed by atoms with Crippen LogP contribution in [0.2, 0.25) is 0 Å². The molecule has 2 aliphatic heterocycles. The number of ether oxygens (including phenoxy) is 1. The summed E-state index contributed by atoms with van der Waals surface area (Å²) >= 11 is 0. The maximum atomic E-state index is 12.1. The lowest BCUT2D eigenvalue weighted by atomic mass is 9.97. The second kappa shape index (κ2) is 7.99. The summed E-state index contributed by atoms with van der Waals surface area (Å²) in [5.41, 5.74) is 0.902. The molecule has 0 aromatic heterocycles. The predicted molar refractivity (Wildman–Crippen MR) is 88.1 cm³/mol. The molecule has 2 fully saturated rings. The van der Waals surface area contributed by atoms with Crippen LogP contribution in [-0.2, 0) is 30.6 Å². The molecule has 0 aliphatic carbocycles. The number of nitrogens with zero attached hydrogens (tertiary/aromatic N) is 2. The lowest BCUT2D eigenvalue weighted by Crippen LogP contribution is -2.42. The summed E-state index contributed by atoms with van der Waals surface area (Å²) in [6, 6.07) is 9.37. The van der Waals surface area contributed by atoms with E-state index in [9.17, 15) is 19.2 Å². The highest BCUT2D eigenvalue weighted by Gasteiger charge is 2.36. The minimum Gasteiger partial charge on any atom is -0.445 e. The van der Waals surface area contributed by atoms with Gasteiger partial charge in [-0.25, -0.2) is 9.59 Å². The first kappa shape index (κ1) is 17.9. The van der Waals surface area contributed by atoms with Crippen LogP contribution in [0.4, 0.5) is 4.79 Å². The van der Waals surface area contributed by atoms with Crippen molar-refractivity contribution in [1.29, 1.82) is 0 Å². The molecule has 1 aromatic rings. The molecule has 0 N–H and O–H groups in total. The summed E-state index contributed by atoms with van der Waals surface area (Å²) in [7, 11) is 0. The molecule has 2 saturated heterocycles. The number of hydrogen-bond donors (Lipinski definition) is 0. The first-order chi connectivity index (χ1) is 12.5. The molecular formula is C18H20N2O6. The van der Waals surface area contributed by atoms with Gasteiger partial charge in [0.2, 0.25) is 0 Å². The van der Waals surface area contributed by atoms with Crippen LogP contribution >= 0.6 is 0 Å². The third-order valence-corrected chi connectivity index (χ3v) is 4.48. The SMILES string of the molecule is O=C(ON1C(=O)CCC1=O)C1CCN(C(=O)OCc2ccccc2)CC1. The molecule has 0 spiro atoms. The molecule has 2 heterocycles. The molecule has 0 radical (unpaired) electrons. The Hall–Kier alpha value is -2.90. The maximum Gasteiger partial charge on any atom is 0.410 e. The highest BCUT2D eigenvalue weighted by Crippen LogP contribution is 2.22. The van der Waals surface area contributed by atoms with Crippen LogP contribution in [0, 0.1) is 5.92 Å². The Morgan fingerprint density at radius 3 is 2.23 bits per heavy atom. The van der Waals surface area contributed by atoms with E-state index in [1.807, 2.05) is 30.3 Å². The number of imide groups is 1. The topological polar surface area (TPSA) is 93.2 Å². The van der Waals surface area contributed by atoms with E-state index in [-0.39, 0.29) is 19.4 Å². The molecule has 1 aromatic carbocycles. The summed E-state index contributed by atoms with van der Waals surface area (Å²) in [5.74, 6) is -2.05. The predicted octanol–water partition coefficient (Wildman–Crippen LogP) is 1.64. The Labute approximate surface area is 150 Å². The van der Waals surface area contributed by atoms with E-state index in [4.69, 9.17) is 9.57 Å². The van der Waals surface area contributed by atoms with Crippen LogP contribution < -0.4 is 0 Å². The monoisotopic (exact) mass is 360 g/mol. The van der Waals surface area contributed by atoms with Crippen LogP contribution in [0.25, 0.3) is 0 Å². The van der Waals surface area contributed by atoms with Crippen molar-refractivity contribution >= 4 is 23.9 Å². The Morgan fingerprint density at radius 2 is 1.62 bits per heavy atom. The van der Waals surface area contributed by atoms with Gasteiger partial charge in [-0.2, -0.15) is 0 Å². The van der Waals surface area contributed by atoms with Crippen molar-refractivity contribution < 1.29 is 28.8 Å². The molecule has 2 aliphatic rings. The molecule has 26 heavy (non-hydrogen) atoms. The number of rotatable bonds is 4. The summed E-state index contributed by atoms with van der Waals surface area (Å²) < 4.78 is 5.27. The van der Waals surface area contributed by atoms with Crippen molar-refractivity contribution in [3.05, 3.63) is 35.9 Å². The zero-order valence-electron chi connectivity index (χ0n) is 14.3. The van der Waals surface area contributed by atoms with Crippen LogP contribution in [-0.4, -0.2) is 46.9 Å². The number of hydroxylamine groups is 2. The molecule has 3 amide bonds. The van der Waals surface area contributed by atoms with Crippen LogP contribution in [0.3, 0.4) is 0 Å². The Morgan fingerprint density at radius 1 is 1.00 bits per heavy atom. The summed E-state index contributed by atoms with van der Waals surface area (Å²) in [6.07, 6.45) is 0.506. The average Bonchev–Trinajstić information content (AvgIpc) is 2.99. The number of hydrogen-bond acceptors (Lipinski definition) is 6. The number of carbonyl (C=O) groups excluding carboxylic acids is 4. The van der Waals surface area contributed by atoms with Crippen molar-refractivity contribution in [1.82, 2.24) is 9.96 Å². The molecular weight excluding hydrogens is 340 g/mol. The first-order valence-corrected chi connectivity index (χ1v) is 8.58. The van der Waals surface area contributed by atoms with Crippen molar-refractivity contribution in [2.24, 2.45) is 5.92 Å². The fourth-order valence-corrected chi connectivity index (χ4v) is 2.93. The fraction of sp³-hybridized carbons (Fsp3) is 0.444. The van der Waals surface area contributed by atoms with Gasteiger partial charge in [0.1, 0.15) is 6.61 Å². The number of benzene rings is 1. The Kier molecular flexibility index (Phi) is 5.50. The van der Waals surface area contributed by atoms with Gasteiger partial charge in [-0.05, 0) is 18.4 Å². The van der Waals surface area contributed by atoms with E-state index < -0.39 is 29.8 Å². The van der Waals surface area contributed by atoms with Crippen molar-refractivity contribution in [2.75, 3.05) is 13.1 Å². The zero-order valence-corrected chi connectivity index (χ0v) is 14.3. The van der Waals surface area contributed by atoms with Crippen LogP contribution in [0.1, 0.15) is 31.2 Å². The minimum absolute atomic E-state index is 0.0673. The zero-order chi connectivity index (χ0) is 18.5. The van der Waals surface area contributed by atoms with Gasteiger partial charge in [-0.15, -0.1) is 5.06 Å². The van der Waals surface area contributed by atoms with Crippen molar-refractivity contribution in [3.8, 4) is 0 Å². The highest BCUT2D eigenvalue weighted by molar-refractivity contribution is 6.01. The third kappa shape index (κ3) is 4.19. The van der Waals surface area contributed by atoms with Gasteiger partial charge >= 0.3 is 12.1 Å². The molecule has 0 atom stereocenters. The van der Waals surface area contributed by atoms with E-state index in [0.29, 0.717) is 31.0 Å². The lowest BCUT2D eigenvalue weighted by molar-refractivity contribution is -0.201. The molecule has 3 rings (SSSR count). The van der Waals surface area contributed by atoms with E-state index >= 15 is 0 Å². The Balaban J connectivity index is 1.43. The average molecular weight is 360 g/mol. The Bertz CT molecular complexity index is 681. The second-order valence-electron chi connectivity index (χ2n) is 6.29. The van der Waals surface area contributed by atoms with Crippen LogP contribution in [0.5, 0.6) is 0 Å².